The standard InChI is InChI=1S/C11H17NO5/c1-6-11(13,5-12)8-7(9(14-4)15-6)16-10(2,3)17-8/h6-9,13H,1-4H3/t6-,7+,8-,9+,11-/m0/s1. The van der Waals surface area contributed by atoms with Crippen molar-refractivity contribution >= 4 is 0 Å². The number of nitriles is 1. The Morgan fingerprint density at radius 3 is 2.53 bits per heavy atom. The Kier molecular flexibility index (Phi) is 2.92. The fraction of sp³-hybridized carbons (Fsp3) is 0.909. The highest BCUT2D eigenvalue weighted by Gasteiger charge is 2.62. The molecule has 0 radical (unpaired) electrons. The van der Waals surface area contributed by atoms with Crippen LogP contribution in [-0.2, 0) is 18.9 Å². The minimum atomic E-state index is -1.73. The highest BCUT2D eigenvalue weighted by atomic mass is 16.8. The van der Waals surface area contributed by atoms with Gasteiger partial charge in [0.1, 0.15) is 24.4 Å². The predicted molar refractivity (Wildman–Crippen MR) is 55.7 cm³/mol. The van der Waals surface area contributed by atoms with Crippen molar-refractivity contribution < 1.29 is 24.1 Å². The van der Waals surface area contributed by atoms with Gasteiger partial charge in [0.15, 0.2) is 12.1 Å². The molecule has 2 aliphatic heterocycles. The molecule has 0 saturated carbocycles. The number of fused-ring (bicyclic) bond motifs is 1. The minimum absolute atomic E-state index is 0.615. The molecule has 0 aromatic rings. The monoisotopic (exact) mass is 243 g/mol. The summed E-state index contributed by atoms with van der Waals surface area (Å²) in [5.74, 6) is -0.871. The van der Waals surface area contributed by atoms with Gasteiger partial charge < -0.3 is 24.1 Å². The van der Waals surface area contributed by atoms with Crippen molar-refractivity contribution in [1.82, 2.24) is 0 Å². The average molecular weight is 243 g/mol. The lowest BCUT2D eigenvalue weighted by Gasteiger charge is -2.42. The summed E-state index contributed by atoms with van der Waals surface area (Å²) < 4.78 is 21.8. The Hall–Kier alpha value is -0.710. The molecule has 17 heavy (non-hydrogen) atoms. The van der Waals surface area contributed by atoms with Crippen LogP contribution in [0.4, 0.5) is 0 Å². The number of hydrogen-bond donors (Lipinski definition) is 1. The van der Waals surface area contributed by atoms with Crippen LogP contribution >= 0.6 is 0 Å². The van der Waals surface area contributed by atoms with E-state index in [0.717, 1.165) is 0 Å². The Balaban J connectivity index is 2.35. The van der Waals surface area contributed by atoms with E-state index in [1.54, 1.807) is 20.8 Å². The molecule has 0 aromatic heterocycles. The number of rotatable bonds is 1. The quantitative estimate of drug-likeness (QED) is 0.660. The lowest BCUT2D eigenvalue weighted by atomic mass is 9.86. The zero-order valence-electron chi connectivity index (χ0n) is 10.3. The lowest BCUT2D eigenvalue weighted by molar-refractivity contribution is -0.279. The van der Waals surface area contributed by atoms with Crippen LogP contribution in [0.5, 0.6) is 0 Å². The summed E-state index contributed by atoms with van der Waals surface area (Å²) in [6.45, 7) is 5.06. The maximum Gasteiger partial charge on any atom is 0.206 e. The van der Waals surface area contributed by atoms with Crippen molar-refractivity contribution in [3.8, 4) is 6.07 Å². The molecule has 0 bridgehead atoms. The number of nitrogens with zero attached hydrogens (tertiary/aromatic N) is 1. The molecule has 0 unspecified atom stereocenters. The number of aliphatic hydroxyl groups is 1. The van der Waals surface area contributed by atoms with Gasteiger partial charge in [0, 0.05) is 7.11 Å². The first-order valence-electron chi connectivity index (χ1n) is 5.51. The van der Waals surface area contributed by atoms with Crippen LogP contribution in [0.2, 0.25) is 0 Å². The van der Waals surface area contributed by atoms with Crippen LogP contribution in [0.3, 0.4) is 0 Å². The highest BCUT2D eigenvalue weighted by Crippen LogP contribution is 2.42. The molecular weight excluding hydrogens is 226 g/mol. The molecule has 0 spiro atoms. The lowest BCUT2D eigenvalue weighted by Crippen LogP contribution is -2.63. The molecule has 0 aliphatic carbocycles. The first-order chi connectivity index (χ1) is 7.84. The average Bonchev–Trinajstić information content (AvgIpc) is 2.60. The van der Waals surface area contributed by atoms with E-state index in [2.05, 4.69) is 0 Å². The van der Waals surface area contributed by atoms with Gasteiger partial charge in [-0.15, -0.1) is 0 Å². The molecule has 6 heteroatoms. The summed E-state index contributed by atoms with van der Waals surface area (Å²) >= 11 is 0. The third-order valence-electron chi connectivity index (χ3n) is 3.20. The van der Waals surface area contributed by atoms with Crippen LogP contribution in [0.1, 0.15) is 20.8 Å². The van der Waals surface area contributed by atoms with Gasteiger partial charge in [0.25, 0.3) is 0 Å². The van der Waals surface area contributed by atoms with Crippen LogP contribution in [0.15, 0.2) is 0 Å². The fourth-order valence-electron chi connectivity index (χ4n) is 2.29. The Morgan fingerprint density at radius 2 is 2.00 bits per heavy atom. The summed E-state index contributed by atoms with van der Waals surface area (Å²) in [5, 5.41) is 19.5. The van der Waals surface area contributed by atoms with Crippen molar-refractivity contribution in [2.75, 3.05) is 7.11 Å². The van der Waals surface area contributed by atoms with E-state index in [1.165, 1.54) is 7.11 Å². The number of hydrogen-bond acceptors (Lipinski definition) is 6. The maximum absolute atomic E-state index is 10.3. The van der Waals surface area contributed by atoms with Gasteiger partial charge >= 0.3 is 0 Å². The Morgan fingerprint density at radius 1 is 1.35 bits per heavy atom. The first-order valence-corrected chi connectivity index (χ1v) is 5.51. The van der Waals surface area contributed by atoms with Crippen molar-refractivity contribution in [2.45, 2.75) is 56.8 Å². The number of methoxy groups -OCH3 is 1. The zero-order chi connectivity index (χ0) is 12.8. The van der Waals surface area contributed by atoms with Crippen molar-refractivity contribution in [2.24, 2.45) is 0 Å². The van der Waals surface area contributed by atoms with Crippen LogP contribution in [-0.4, -0.2) is 48.2 Å². The summed E-state index contributed by atoms with van der Waals surface area (Å²) in [6, 6.07) is 1.85. The van der Waals surface area contributed by atoms with Gasteiger partial charge in [-0.3, -0.25) is 0 Å². The van der Waals surface area contributed by atoms with Crippen molar-refractivity contribution in [1.29, 1.82) is 5.26 Å². The highest BCUT2D eigenvalue weighted by molar-refractivity contribution is 5.16. The van der Waals surface area contributed by atoms with Crippen LogP contribution in [0.25, 0.3) is 0 Å². The molecule has 2 fully saturated rings. The molecule has 1 N–H and O–H groups in total. The molecule has 0 amide bonds. The second kappa shape index (κ2) is 3.90. The molecule has 6 nitrogen and oxygen atoms in total. The van der Waals surface area contributed by atoms with E-state index in [9.17, 15) is 5.11 Å². The topological polar surface area (TPSA) is 80.9 Å². The van der Waals surface area contributed by atoms with Gasteiger partial charge in [0.05, 0.1) is 0 Å². The molecule has 0 aromatic carbocycles. The van der Waals surface area contributed by atoms with E-state index >= 15 is 0 Å². The number of ether oxygens (including phenoxy) is 4. The van der Waals surface area contributed by atoms with Gasteiger partial charge in [-0.05, 0) is 20.8 Å². The molecule has 2 aliphatic rings. The summed E-state index contributed by atoms with van der Waals surface area (Å²) in [5.41, 5.74) is -1.73. The first kappa shape index (κ1) is 12.7. The second-order valence-corrected chi connectivity index (χ2v) is 4.84. The fourth-order valence-corrected chi connectivity index (χ4v) is 2.29. The van der Waals surface area contributed by atoms with Gasteiger partial charge in [0.2, 0.25) is 5.60 Å². The normalized spacial score (nSPS) is 48.5. The third-order valence-corrected chi connectivity index (χ3v) is 3.20. The summed E-state index contributed by atoms with van der Waals surface area (Å²) in [4.78, 5) is 0. The van der Waals surface area contributed by atoms with Gasteiger partial charge in [-0.1, -0.05) is 0 Å². The predicted octanol–water partition coefficient (Wildman–Crippen LogP) is 0.152. The van der Waals surface area contributed by atoms with E-state index in [1.807, 2.05) is 6.07 Å². The van der Waals surface area contributed by atoms with E-state index in [0.29, 0.717) is 0 Å². The Labute approximate surface area is 100 Å². The summed E-state index contributed by atoms with van der Waals surface area (Å²) in [7, 11) is 1.49. The maximum atomic E-state index is 10.3. The van der Waals surface area contributed by atoms with Crippen molar-refractivity contribution in [3.63, 3.8) is 0 Å². The van der Waals surface area contributed by atoms with Crippen molar-refractivity contribution in [3.05, 3.63) is 0 Å². The molecule has 5 atom stereocenters. The zero-order valence-corrected chi connectivity index (χ0v) is 10.3. The summed E-state index contributed by atoms with van der Waals surface area (Å²) in [6.07, 6.45) is -2.76. The largest absolute Gasteiger partial charge is 0.371 e. The van der Waals surface area contributed by atoms with E-state index < -0.39 is 36.0 Å². The molecule has 2 saturated heterocycles. The van der Waals surface area contributed by atoms with Gasteiger partial charge in [-0.2, -0.15) is 5.26 Å². The molecule has 96 valence electrons. The van der Waals surface area contributed by atoms with Crippen LogP contribution in [0, 0.1) is 11.3 Å². The smallest absolute Gasteiger partial charge is 0.206 e. The second-order valence-electron chi connectivity index (χ2n) is 4.84. The van der Waals surface area contributed by atoms with Crippen LogP contribution < -0.4 is 0 Å². The SMILES string of the molecule is CO[C@@H]1O[C@@H](C)[C@@](O)(C#N)[C@H]2OC(C)(C)O[C@@H]12. The van der Waals surface area contributed by atoms with Gasteiger partial charge in [-0.25, -0.2) is 0 Å². The molecule has 2 heterocycles. The van der Waals surface area contributed by atoms with E-state index in [-0.39, 0.29) is 0 Å². The third kappa shape index (κ3) is 1.84. The molecular formula is C11H17NO5. The minimum Gasteiger partial charge on any atom is -0.371 e. The molecule has 2 rings (SSSR count). The Bertz CT molecular complexity index is 352. The van der Waals surface area contributed by atoms with E-state index in [4.69, 9.17) is 24.2 Å².